The first-order valence-corrected chi connectivity index (χ1v) is 10.6. The molecule has 3 rings (SSSR count). The molecule has 0 saturated heterocycles. The van der Waals surface area contributed by atoms with Gasteiger partial charge in [0.25, 0.3) is 0 Å². The molecule has 0 atom stereocenters. The average molecular weight is 460 g/mol. The summed E-state index contributed by atoms with van der Waals surface area (Å²) in [6.07, 6.45) is 0.849. The van der Waals surface area contributed by atoms with Crippen molar-refractivity contribution in [1.29, 1.82) is 0 Å². The summed E-state index contributed by atoms with van der Waals surface area (Å²) >= 11 is 6.07. The van der Waals surface area contributed by atoms with Crippen LogP contribution < -0.4 is 24.3 Å². The molecule has 0 aliphatic rings. The maximum absolute atomic E-state index is 14.0. The zero-order valence-corrected chi connectivity index (χ0v) is 19.2. The molecule has 0 saturated carbocycles. The van der Waals surface area contributed by atoms with E-state index in [1.165, 1.54) is 6.07 Å². The summed E-state index contributed by atoms with van der Waals surface area (Å²) in [5.74, 6) is 2.15. The van der Waals surface area contributed by atoms with Gasteiger partial charge in [-0.15, -0.1) is 0 Å². The summed E-state index contributed by atoms with van der Waals surface area (Å²) in [5.41, 5.74) is 2.52. The molecule has 0 aliphatic heterocycles. The Balaban J connectivity index is 1.54. The lowest BCUT2D eigenvalue weighted by Crippen LogP contribution is -2.16. The Bertz CT molecular complexity index is 1020. The third-order valence-electron chi connectivity index (χ3n) is 5.03. The SMILES string of the molecule is COc1ccc(CCNCc2ccc(OCc3c(F)cccc3Cl)c(OC)c2)cc1OC. The fraction of sp³-hybridized carbons (Fsp3) is 0.280. The molecule has 0 aliphatic carbocycles. The van der Waals surface area contributed by atoms with Crippen LogP contribution in [0.4, 0.5) is 4.39 Å². The predicted octanol–water partition coefficient (Wildman–Crippen LogP) is 5.42. The Morgan fingerprint density at radius 1 is 0.812 bits per heavy atom. The van der Waals surface area contributed by atoms with E-state index in [-0.39, 0.29) is 6.61 Å². The van der Waals surface area contributed by atoms with Crippen molar-refractivity contribution in [2.24, 2.45) is 0 Å². The highest BCUT2D eigenvalue weighted by Gasteiger charge is 2.11. The summed E-state index contributed by atoms with van der Waals surface area (Å²) in [4.78, 5) is 0. The zero-order chi connectivity index (χ0) is 22.9. The molecule has 3 aromatic rings. The van der Waals surface area contributed by atoms with Crippen LogP contribution in [-0.4, -0.2) is 27.9 Å². The standard InChI is InChI=1S/C25H27ClFNO4/c1-29-22-9-7-17(13-24(22)30-2)11-12-28-15-18-8-10-23(25(14-18)31-3)32-16-19-20(26)5-4-6-21(19)27/h4-10,13-14,28H,11-12,15-16H2,1-3H3. The largest absolute Gasteiger partial charge is 0.493 e. The van der Waals surface area contributed by atoms with E-state index in [0.717, 1.165) is 35.6 Å². The van der Waals surface area contributed by atoms with E-state index in [1.54, 1.807) is 33.5 Å². The van der Waals surface area contributed by atoms with Crippen LogP contribution in [0, 0.1) is 5.82 Å². The van der Waals surface area contributed by atoms with Crippen molar-refractivity contribution in [3.05, 3.63) is 82.1 Å². The third-order valence-corrected chi connectivity index (χ3v) is 5.38. The minimum Gasteiger partial charge on any atom is -0.493 e. The van der Waals surface area contributed by atoms with E-state index in [2.05, 4.69) is 5.32 Å². The molecule has 0 aromatic heterocycles. The van der Waals surface area contributed by atoms with Gasteiger partial charge in [-0.1, -0.05) is 29.8 Å². The number of hydrogen-bond acceptors (Lipinski definition) is 5. The van der Waals surface area contributed by atoms with Gasteiger partial charge in [-0.25, -0.2) is 4.39 Å². The molecular weight excluding hydrogens is 433 g/mol. The maximum Gasteiger partial charge on any atom is 0.161 e. The number of benzene rings is 3. The van der Waals surface area contributed by atoms with Gasteiger partial charge in [-0.2, -0.15) is 0 Å². The Kier molecular flexibility index (Phi) is 8.59. The Hall–Kier alpha value is -2.96. The maximum atomic E-state index is 14.0. The van der Waals surface area contributed by atoms with E-state index in [9.17, 15) is 4.39 Å². The molecule has 170 valence electrons. The van der Waals surface area contributed by atoms with E-state index >= 15 is 0 Å². The highest BCUT2D eigenvalue weighted by atomic mass is 35.5. The average Bonchev–Trinajstić information content (AvgIpc) is 2.81. The molecule has 32 heavy (non-hydrogen) atoms. The van der Waals surface area contributed by atoms with Crippen molar-refractivity contribution in [3.8, 4) is 23.0 Å². The molecule has 0 radical (unpaired) electrons. The quantitative estimate of drug-likeness (QED) is 0.388. The minimum atomic E-state index is -0.397. The molecule has 5 nitrogen and oxygen atoms in total. The zero-order valence-electron chi connectivity index (χ0n) is 18.4. The first kappa shape index (κ1) is 23.7. The molecule has 1 N–H and O–H groups in total. The number of nitrogens with one attached hydrogen (secondary N) is 1. The summed E-state index contributed by atoms with van der Waals surface area (Å²) in [7, 11) is 4.83. The lowest BCUT2D eigenvalue weighted by atomic mass is 10.1. The van der Waals surface area contributed by atoms with E-state index in [0.29, 0.717) is 28.6 Å². The highest BCUT2D eigenvalue weighted by Crippen LogP contribution is 2.30. The van der Waals surface area contributed by atoms with Crippen LogP contribution in [0.3, 0.4) is 0 Å². The second-order valence-corrected chi connectivity index (χ2v) is 7.50. The van der Waals surface area contributed by atoms with E-state index in [1.807, 2.05) is 36.4 Å². The van der Waals surface area contributed by atoms with Gasteiger partial charge in [0.2, 0.25) is 0 Å². The Morgan fingerprint density at radius 2 is 1.47 bits per heavy atom. The monoisotopic (exact) mass is 459 g/mol. The Labute approximate surface area is 193 Å². The molecule has 3 aromatic carbocycles. The van der Waals surface area contributed by atoms with Crippen molar-refractivity contribution in [1.82, 2.24) is 5.32 Å². The van der Waals surface area contributed by atoms with Crippen molar-refractivity contribution in [2.45, 2.75) is 19.6 Å². The summed E-state index contributed by atoms with van der Waals surface area (Å²) in [6, 6.07) is 16.2. The molecule has 0 fully saturated rings. The number of rotatable bonds is 11. The fourth-order valence-corrected chi connectivity index (χ4v) is 3.48. The van der Waals surface area contributed by atoms with Crippen LogP contribution in [0.15, 0.2) is 54.6 Å². The van der Waals surface area contributed by atoms with Gasteiger partial charge in [0, 0.05) is 12.1 Å². The molecule has 0 heterocycles. The first-order chi connectivity index (χ1) is 15.5. The summed E-state index contributed by atoms with van der Waals surface area (Å²) in [6.45, 7) is 1.48. The second-order valence-electron chi connectivity index (χ2n) is 7.09. The van der Waals surface area contributed by atoms with Crippen LogP contribution in [0.25, 0.3) is 0 Å². The van der Waals surface area contributed by atoms with Crippen molar-refractivity contribution < 1.29 is 23.3 Å². The van der Waals surface area contributed by atoms with Gasteiger partial charge in [0.05, 0.1) is 26.4 Å². The van der Waals surface area contributed by atoms with E-state index < -0.39 is 5.82 Å². The van der Waals surface area contributed by atoms with Crippen LogP contribution in [0.1, 0.15) is 16.7 Å². The molecular formula is C25H27ClFNO4. The van der Waals surface area contributed by atoms with Gasteiger partial charge in [0.1, 0.15) is 12.4 Å². The van der Waals surface area contributed by atoms with E-state index in [4.69, 9.17) is 30.5 Å². The third kappa shape index (κ3) is 6.05. The number of halogens is 2. The number of methoxy groups -OCH3 is 3. The molecule has 0 amide bonds. The molecule has 0 spiro atoms. The predicted molar refractivity (Wildman–Crippen MR) is 124 cm³/mol. The number of hydrogen-bond donors (Lipinski definition) is 1. The fourth-order valence-electron chi connectivity index (χ4n) is 3.26. The van der Waals surface area contributed by atoms with Gasteiger partial charge < -0.3 is 24.3 Å². The summed E-state index contributed by atoms with van der Waals surface area (Å²) < 4.78 is 35.8. The van der Waals surface area contributed by atoms with Gasteiger partial charge in [-0.3, -0.25) is 0 Å². The lowest BCUT2D eigenvalue weighted by molar-refractivity contribution is 0.279. The number of ether oxygens (including phenoxy) is 4. The smallest absolute Gasteiger partial charge is 0.161 e. The highest BCUT2D eigenvalue weighted by molar-refractivity contribution is 6.31. The van der Waals surface area contributed by atoms with Crippen LogP contribution in [0.2, 0.25) is 5.02 Å². The van der Waals surface area contributed by atoms with Gasteiger partial charge in [-0.05, 0) is 60.5 Å². The van der Waals surface area contributed by atoms with Crippen LogP contribution in [0.5, 0.6) is 23.0 Å². The van der Waals surface area contributed by atoms with Crippen molar-refractivity contribution in [3.63, 3.8) is 0 Å². The van der Waals surface area contributed by atoms with Crippen molar-refractivity contribution >= 4 is 11.6 Å². The van der Waals surface area contributed by atoms with Crippen molar-refractivity contribution in [2.75, 3.05) is 27.9 Å². The first-order valence-electron chi connectivity index (χ1n) is 10.2. The lowest BCUT2D eigenvalue weighted by Gasteiger charge is -2.14. The summed E-state index contributed by atoms with van der Waals surface area (Å²) in [5, 5.41) is 3.76. The Morgan fingerprint density at radius 3 is 2.19 bits per heavy atom. The molecule has 0 unspecified atom stereocenters. The van der Waals surface area contributed by atoms with Crippen LogP contribution >= 0.6 is 11.6 Å². The second kappa shape index (κ2) is 11.6. The molecule has 7 heteroatoms. The minimum absolute atomic E-state index is 0.0186. The van der Waals surface area contributed by atoms with Gasteiger partial charge in [0.15, 0.2) is 23.0 Å². The molecule has 0 bridgehead atoms. The normalized spacial score (nSPS) is 10.7. The van der Waals surface area contributed by atoms with Crippen LogP contribution in [-0.2, 0) is 19.6 Å². The van der Waals surface area contributed by atoms with Gasteiger partial charge >= 0.3 is 0 Å². The topological polar surface area (TPSA) is 49.0 Å².